The average molecular weight is 342 g/mol. The molecule has 1 aromatic carbocycles. The van der Waals surface area contributed by atoms with Crippen molar-refractivity contribution >= 4 is 21.8 Å². The van der Waals surface area contributed by atoms with Crippen LogP contribution in [0.25, 0.3) is 0 Å². The van der Waals surface area contributed by atoms with Gasteiger partial charge in [0.25, 0.3) is 5.91 Å². The van der Waals surface area contributed by atoms with E-state index in [1.165, 1.54) is 0 Å². The van der Waals surface area contributed by atoms with E-state index in [-0.39, 0.29) is 18.1 Å². The van der Waals surface area contributed by atoms with Crippen molar-refractivity contribution < 1.29 is 14.6 Å². The number of aliphatic hydroxyl groups excluding tert-OH is 1. The highest BCUT2D eigenvalue weighted by molar-refractivity contribution is 9.10. The van der Waals surface area contributed by atoms with Crippen molar-refractivity contribution in [3.05, 3.63) is 28.7 Å². The quantitative estimate of drug-likeness (QED) is 0.884. The summed E-state index contributed by atoms with van der Waals surface area (Å²) in [5.41, 5.74) is 0. The molecule has 1 fully saturated rings. The van der Waals surface area contributed by atoms with Crippen molar-refractivity contribution in [2.45, 2.75) is 50.9 Å². The summed E-state index contributed by atoms with van der Waals surface area (Å²) in [6, 6.07) is 7.59. The summed E-state index contributed by atoms with van der Waals surface area (Å²) in [7, 11) is 0. The van der Waals surface area contributed by atoms with Crippen LogP contribution >= 0.6 is 15.9 Å². The molecule has 1 aliphatic carbocycles. The molecule has 0 radical (unpaired) electrons. The molecule has 0 aromatic heterocycles. The Morgan fingerprint density at radius 1 is 1.40 bits per heavy atom. The van der Waals surface area contributed by atoms with E-state index in [1.807, 2.05) is 24.3 Å². The largest absolute Gasteiger partial charge is 0.481 e. The summed E-state index contributed by atoms with van der Waals surface area (Å²) < 4.78 is 6.55. The number of rotatable bonds is 4. The van der Waals surface area contributed by atoms with Crippen LogP contribution in [0.5, 0.6) is 5.75 Å². The lowest BCUT2D eigenvalue weighted by Crippen LogP contribution is -2.44. The summed E-state index contributed by atoms with van der Waals surface area (Å²) in [6.07, 6.45) is 2.43. The molecule has 1 amide bonds. The zero-order valence-electron chi connectivity index (χ0n) is 11.5. The van der Waals surface area contributed by atoms with E-state index >= 15 is 0 Å². The summed E-state index contributed by atoms with van der Waals surface area (Å²) in [6.45, 7) is 1.74. The van der Waals surface area contributed by atoms with Gasteiger partial charge in [0.2, 0.25) is 0 Å². The molecule has 0 bridgehead atoms. The fourth-order valence-electron chi connectivity index (χ4n) is 2.34. The van der Waals surface area contributed by atoms with E-state index < -0.39 is 6.10 Å². The SMILES string of the molecule is CC(Oc1cccc(Br)c1)C(=O)NC1CCC(O)CC1. The number of benzene rings is 1. The van der Waals surface area contributed by atoms with Crippen LogP contribution in [0.15, 0.2) is 28.7 Å². The Hall–Kier alpha value is -1.07. The Bertz CT molecular complexity index is 458. The Labute approximate surface area is 127 Å². The van der Waals surface area contributed by atoms with Crippen LogP contribution in [-0.2, 0) is 4.79 Å². The number of amides is 1. The van der Waals surface area contributed by atoms with Crippen LogP contribution < -0.4 is 10.1 Å². The van der Waals surface area contributed by atoms with Crippen molar-refractivity contribution in [3.8, 4) is 5.75 Å². The first-order chi connectivity index (χ1) is 9.54. The minimum atomic E-state index is -0.531. The van der Waals surface area contributed by atoms with Crippen LogP contribution in [0.4, 0.5) is 0 Å². The topological polar surface area (TPSA) is 58.6 Å². The molecule has 1 aromatic rings. The number of carbonyl (C=O) groups excluding carboxylic acids is 1. The standard InChI is InChI=1S/C15H20BrNO3/c1-10(20-14-4-2-3-11(16)9-14)15(19)17-12-5-7-13(18)8-6-12/h2-4,9-10,12-13,18H,5-8H2,1H3,(H,17,19). The Morgan fingerprint density at radius 2 is 2.10 bits per heavy atom. The molecule has 0 aliphatic heterocycles. The third kappa shape index (κ3) is 4.49. The van der Waals surface area contributed by atoms with Crippen molar-refractivity contribution in [2.75, 3.05) is 0 Å². The fraction of sp³-hybridized carbons (Fsp3) is 0.533. The third-order valence-corrected chi connectivity index (χ3v) is 4.01. The zero-order chi connectivity index (χ0) is 14.5. The molecule has 5 heteroatoms. The molecule has 20 heavy (non-hydrogen) atoms. The van der Waals surface area contributed by atoms with Gasteiger partial charge < -0.3 is 15.2 Å². The van der Waals surface area contributed by atoms with Gasteiger partial charge in [-0.2, -0.15) is 0 Å². The van der Waals surface area contributed by atoms with Crippen molar-refractivity contribution in [3.63, 3.8) is 0 Å². The molecule has 4 nitrogen and oxygen atoms in total. The second-order valence-electron chi connectivity index (χ2n) is 5.23. The number of hydrogen-bond acceptors (Lipinski definition) is 3. The number of carbonyl (C=O) groups is 1. The van der Waals surface area contributed by atoms with E-state index in [1.54, 1.807) is 6.92 Å². The predicted molar refractivity (Wildman–Crippen MR) is 80.6 cm³/mol. The van der Waals surface area contributed by atoms with Gasteiger partial charge in [0.15, 0.2) is 6.10 Å². The summed E-state index contributed by atoms with van der Waals surface area (Å²) in [5, 5.41) is 12.4. The van der Waals surface area contributed by atoms with Gasteiger partial charge in [0.1, 0.15) is 5.75 Å². The lowest BCUT2D eigenvalue weighted by Gasteiger charge is -2.27. The van der Waals surface area contributed by atoms with Gasteiger partial charge in [-0.1, -0.05) is 22.0 Å². The smallest absolute Gasteiger partial charge is 0.260 e. The molecular weight excluding hydrogens is 322 g/mol. The van der Waals surface area contributed by atoms with Gasteiger partial charge in [-0.15, -0.1) is 0 Å². The Morgan fingerprint density at radius 3 is 2.75 bits per heavy atom. The number of hydrogen-bond donors (Lipinski definition) is 2. The maximum atomic E-state index is 12.1. The number of halogens is 1. The molecule has 1 aliphatic rings. The highest BCUT2D eigenvalue weighted by Crippen LogP contribution is 2.20. The van der Waals surface area contributed by atoms with Crippen LogP contribution in [0.3, 0.4) is 0 Å². The molecule has 0 spiro atoms. The summed E-state index contributed by atoms with van der Waals surface area (Å²) >= 11 is 3.37. The predicted octanol–water partition coefficient (Wildman–Crippen LogP) is 2.64. The van der Waals surface area contributed by atoms with Crippen molar-refractivity contribution in [1.29, 1.82) is 0 Å². The molecule has 0 heterocycles. The molecule has 110 valence electrons. The number of aliphatic hydroxyl groups is 1. The maximum Gasteiger partial charge on any atom is 0.260 e. The van der Waals surface area contributed by atoms with Gasteiger partial charge >= 0.3 is 0 Å². The van der Waals surface area contributed by atoms with Gasteiger partial charge in [-0.3, -0.25) is 4.79 Å². The summed E-state index contributed by atoms with van der Waals surface area (Å²) in [5.74, 6) is 0.562. The van der Waals surface area contributed by atoms with E-state index in [4.69, 9.17) is 4.74 Å². The average Bonchev–Trinajstić information content (AvgIpc) is 2.41. The highest BCUT2D eigenvalue weighted by atomic mass is 79.9. The van der Waals surface area contributed by atoms with E-state index in [2.05, 4.69) is 21.2 Å². The Kier molecular flexibility index (Phi) is 5.43. The summed E-state index contributed by atoms with van der Waals surface area (Å²) in [4.78, 5) is 12.1. The van der Waals surface area contributed by atoms with Gasteiger partial charge in [-0.05, 0) is 50.8 Å². The first-order valence-electron chi connectivity index (χ1n) is 6.95. The molecule has 1 atom stereocenters. The third-order valence-electron chi connectivity index (χ3n) is 3.52. The van der Waals surface area contributed by atoms with Crippen molar-refractivity contribution in [2.24, 2.45) is 0 Å². The first-order valence-corrected chi connectivity index (χ1v) is 7.74. The minimum Gasteiger partial charge on any atom is -0.481 e. The van der Waals surface area contributed by atoms with Gasteiger partial charge in [0, 0.05) is 10.5 Å². The lowest BCUT2D eigenvalue weighted by atomic mass is 9.93. The van der Waals surface area contributed by atoms with Crippen molar-refractivity contribution in [1.82, 2.24) is 5.32 Å². The number of nitrogens with one attached hydrogen (secondary N) is 1. The monoisotopic (exact) mass is 341 g/mol. The van der Waals surface area contributed by atoms with Crippen LogP contribution in [0.1, 0.15) is 32.6 Å². The second-order valence-corrected chi connectivity index (χ2v) is 6.15. The molecule has 1 unspecified atom stereocenters. The zero-order valence-corrected chi connectivity index (χ0v) is 13.1. The van der Waals surface area contributed by atoms with Crippen LogP contribution in [0, 0.1) is 0 Å². The maximum absolute atomic E-state index is 12.1. The van der Waals surface area contributed by atoms with Gasteiger partial charge in [-0.25, -0.2) is 0 Å². The molecular formula is C15H20BrNO3. The normalized spacial score (nSPS) is 23.9. The van der Waals surface area contributed by atoms with E-state index in [0.717, 1.165) is 30.2 Å². The number of ether oxygens (including phenoxy) is 1. The molecule has 2 N–H and O–H groups in total. The molecule has 2 rings (SSSR count). The molecule has 1 saturated carbocycles. The highest BCUT2D eigenvalue weighted by Gasteiger charge is 2.23. The van der Waals surface area contributed by atoms with Crippen LogP contribution in [-0.4, -0.2) is 29.3 Å². The first kappa shape index (κ1) is 15.3. The minimum absolute atomic E-state index is 0.105. The Balaban J connectivity index is 1.83. The van der Waals surface area contributed by atoms with E-state index in [0.29, 0.717) is 5.75 Å². The lowest BCUT2D eigenvalue weighted by molar-refractivity contribution is -0.128. The molecule has 0 saturated heterocycles. The van der Waals surface area contributed by atoms with Gasteiger partial charge in [0.05, 0.1) is 6.10 Å². The van der Waals surface area contributed by atoms with E-state index in [9.17, 15) is 9.90 Å². The fourth-order valence-corrected chi connectivity index (χ4v) is 2.71. The second kappa shape index (κ2) is 7.09. The van der Waals surface area contributed by atoms with Crippen LogP contribution in [0.2, 0.25) is 0 Å².